The van der Waals surface area contributed by atoms with Crippen LogP contribution in [0.3, 0.4) is 0 Å². The predicted octanol–water partition coefficient (Wildman–Crippen LogP) is 2.24. The molecule has 0 saturated carbocycles. The highest BCUT2D eigenvalue weighted by Crippen LogP contribution is 2.35. The number of hydrogen-bond donors (Lipinski definition) is 1. The van der Waals surface area contributed by atoms with Crippen molar-refractivity contribution in [2.45, 2.75) is 64.5 Å². The van der Waals surface area contributed by atoms with Crippen molar-refractivity contribution in [2.24, 2.45) is 5.92 Å². The number of nitrogens with one attached hydrogen (secondary N) is 1. The van der Waals surface area contributed by atoms with E-state index < -0.39 is 0 Å². The molecule has 0 aromatic carbocycles. The van der Waals surface area contributed by atoms with Gasteiger partial charge in [0.2, 0.25) is 0 Å². The molecule has 1 aromatic heterocycles. The molecular weight excluding hydrogens is 224 g/mol. The van der Waals surface area contributed by atoms with Gasteiger partial charge in [-0.1, -0.05) is 20.3 Å². The van der Waals surface area contributed by atoms with Gasteiger partial charge in [-0.05, 0) is 38.1 Å². The Morgan fingerprint density at radius 1 is 1.44 bits per heavy atom. The van der Waals surface area contributed by atoms with Gasteiger partial charge in [-0.15, -0.1) is 10.2 Å². The Morgan fingerprint density at radius 3 is 3.06 bits per heavy atom. The second kappa shape index (κ2) is 4.65. The van der Waals surface area contributed by atoms with Gasteiger partial charge in [0.1, 0.15) is 5.82 Å². The van der Waals surface area contributed by atoms with E-state index >= 15 is 0 Å². The standard InChI is InChI=1S/C14H24N4/c1-3-6-14(7-4-8-15-14)13-17-16-12-10-11(2)5-9-18(12)13/h11,15H,3-10H2,1-2H3. The summed E-state index contributed by atoms with van der Waals surface area (Å²) in [5, 5.41) is 12.7. The second-order valence-electron chi connectivity index (χ2n) is 6.05. The maximum absolute atomic E-state index is 4.56. The lowest BCUT2D eigenvalue weighted by molar-refractivity contribution is 0.304. The predicted molar refractivity (Wildman–Crippen MR) is 71.3 cm³/mol. The maximum atomic E-state index is 4.56. The van der Waals surface area contributed by atoms with Gasteiger partial charge in [0.25, 0.3) is 0 Å². The Labute approximate surface area is 109 Å². The quantitative estimate of drug-likeness (QED) is 0.892. The molecule has 3 rings (SSSR count). The fourth-order valence-corrected chi connectivity index (χ4v) is 3.59. The van der Waals surface area contributed by atoms with Crippen LogP contribution in [-0.4, -0.2) is 21.3 Å². The van der Waals surface area contributed by atoms with E-state index in [4.69, 9.17) is 0 Å². The molecule has 4 heteroatoms. The number of rotatable bonds is 3. The lowest BCUT2D eigenvalue weighted by atomic mass is 9.90. The Hall–Kier alpha value is -0.900. The molecule has 1 aromatic rings. The van der Waals surface area contributed by atoms with Gasteiger partial charge >= 0.3 is 0 Å². The van der Waals surface area contributed by atoms with E-state index in [2.05, 4.69) is 33.9 Å². The van der Waals surface area contributed by atoms with E-state index in [0.29, 0.717) is 0 Å². The molecule has 0 bridgehead atoms. The zero-order chi connectivity index (χ0) is 12.6. The zero-order valence-electron chi connectivity index (χ0n) is 11.6. The molecule has 0 amide bonds. The summed E-state index contributed by atoms with van der Waals surface area (Å²) < 4.78 is 2.40. The molecule has 3 heterocycles. The average molecular weight is 248 g/mol. The van der Waals surface area contributed by atoms with Crippen molar-refractivity contribution in [1.29, 1.82) is 0 Å². The molecule has 2 aliphatic heterocycles. The average Bonchev–Trinajstić information content (AvgIpc) is 2.96. The second-order valence-corrected chi connectivity index (χ2v) is 6.05. The summed E-state index contributed by atoms with van der Waals surface area (Å²) >= 11 is 0. The minimum atomic E-state index is 0.112. The van der Waals surface area contributed by atoms with Crippen LogP contribution in [-0.2, 0) is 18.5 Å². The highest BCUT2D eigenvalue weighted by molar-refractivity contribution is 5.13. The highest BCUT2D eigenvalue weighted by atomic mass is 15.3. The lowest BCUT2D eigenvalue weighted by Crippen LogP contribution is -2.40. The first-order valence-corrected chi connectivity index (χ1v) is 7.43. The molecule has 18 heavy (non-hydrogen) atoms. The Bertz CT molecular complexity index is 417. The fourth-order valence-electron chi connectivity index (χ4n) is 3.59. The maximum Gasteiger partial charge on any atom is 0.153 e. The van der Waals surface area contributed by atoms with Gasteiger partial charge in [-0.3, -0.25) is 0 Å². The first-order chi connectivity index (χ1) is 8.75. The minimum absolute atomic E-state index is 0.112. The molecular formula is C14H24N4. The van der Waals surface area contributed by atoms with Crippen LogP contribution in [0.2, 0.25) is 0 Å². The number of hydrogen-bond acceptors (Lipinski definition) is 3. The molecule has 1 saturated heterocycles. The van der Waals surface area contributed by atoms with Crippen molar-refractivity contribution in [3.05, 3.63) is 11.6 Å². The zero-order valence-corrected chi connectivity index (χ0v) is 11.6. The fraction of sp³-hybridized carbons (Fsp3) is 0.857. The molecule has 2 unspecified atom stereocenters. The largest absolute Gasteiger partial charge is 0.313 e. The van der Waals surface area contributed by atoms with Crippen molar-refractivity contribution < 1.29 is 0 Å². The lowest BCUT2D eigenvalue weighted by Gasteiger charge is -2.30. The van der Waals surface area contributed by atoms with Crippen molar-refractivity contribution >= 4 is 0 Å². The normalized spacial score (nSPS) is 31.6. The van der Waals surface area contributed by atoms with Crippen molar-refractivity contribution in [2.75, 3.05) is 6.54 Å². The SMILES string of the molecule is CCCC1(c2nnc3n2CCC(C)C3)CCCN1. The Morgan fingerprint density at radius 2 is 2.33 bits per heavy atom. The van der Waals surface area contributed by atoms with Gasteiger partial charge < -0.3 is 9.88 Å². The van der Waals surface area contributed by atoms with E-state index in [1.165, 1.54) is 43.8 Å². The molecule has 0 spiro atoms. The summed E-state index contributed by atoms with van der Waals surface area (Å²) in [5.41, 5.74) is 0.112. The van der Waals surface area contributed by atoms with Crippen molar-refractivity contribution in [3.8, 4) is 0 Å². The van der Waals surface area contributed by atoms with Crippen LogP contribution in [0.5, 0.6) is 0 Å². The first kappa shape index (κ1) is 12.2. The van der Waals surface area contributed by atoms with E-state index in [9.17, 15) is 0 Å². The Balaban J connectivity index is 1.96. The number of fused-ring (bicyclic) bond motifs is 1. The Kier molecular flexibility index (Phi) is 3.14. The smallest absolute Gasteiger partial charge is 0.153 e. The summed E-state index contributed by atoms with van der Waals surface area (Å²) in [6, 6.07) is 0. The van der Waals surface area contributed by atoms with Crippen LogP contribution >= 0.6 is 0 Å². The molecule has 100 valence electrons. The molecule has 0 aliphatic carbocycles. The molecule has 4 nitrogen and oxygen atoms in total. The van der Waals surface area contributed by atoms with Crippen LogP contribution in [0.1, 0.15) is 57.6 Å². The third-order valence-corrected chi connectivity index (χ3v) is 4.55. The van der Waals surface area contributed by atoms with Crippen molar-refractivity contribution in [3.63, 3.8) is 0 Å². The summed E-state index contributed by atoms with van der Waals surface area (Å²) in [6.07, 6.45) is 7.22. The molecule has 1 fully saturated rings. The number of nitrogens with zero attached hydrogens (tertiary/aromatic N) is 3. The van der Waals surface area contributed by atoms with Crippen LogP contribution in [0.15, 0.2) is 0 Å². The molecule has 0 radical (unpaired) electrons. The first-order valence-electron chi connectivity index (χ1n) is 7.43. The van der Waals surface area contributed by atoms with Crippen molar-refractivity contribution in [1.82, 2.24) is 20.1 Å². The summed E-state index contributed by atoms with van der Waals surface area (Å²) in [6.45, 7) is 6.80. The molecule has 2 atom stereocenters. The number of aromatic nitrogens is 3. The summed E-state index contributed by atoms with van der Waals surface area (Å²) in [4.78, 5) is 0. The van der Waals surface area contributed by atoms with E-state index in [1.807, 2.05) is 0 Å². The highest BCUT2D eigenvalue weighted by Gasteiger charge is 2.40. The van der Waals surface area contributed by atoms with Gasteiger partial charge in [0.05, 0.1) is 5.54 Å². The van der Waals surface area contributed by atoms with Gasteiger partial charge in [0.15, 0.2) is 5.82 Å². The molecule has 2 aliphatic rings. The van der Waals surface area contributed by atoms with E-state index in [-0.39, 0.29) is 5.54 Å². The minimum Gasteiger partial charge on any atom is -0.313 e. The van der Waals surface area contributed by atoms with Crippen LogP contribution in [0.4, 0.5) is 0 Å². The molecule has 1 N–H and O–H groups in total. The van der Waals surface area contributed by atoms with Gasteiger partial charge in [0, 0.05) is 13.0 Å². The van der Waals surface area contributed by atoms with E-state index in [0.717, 1.165) is 25.4 Å². The van der Waals surface area contributed by atoms with Gasteiger partial charge in [-0.2, -0.15) is 0 Å². The third-order valence-electron chi connectivity index (χ3n) is 4.55. The summed E-state index contributed by atoms with van der Waals surface area (Å²) in [5.74, 6) is 3.17. The summed E-state index contributed by atoms with van der Waals surface area (Å²) in [7, 11) is 0. The van der Waals surface area contributed by atoms with E-state index in [1.54, 1.807) is 0 Å². The monoisotopic (exact) mass is 248 g/mol. The van der Waals surface area contributed by atoms with Gasteiger partial charge in [-0.25, -0.2) is 0 Å². The third kappa shape index (κ3) is 1.87. The topological polar surface area (TPSA) is 42.7 Å². The van der Waals surface area contributed by atoms with Crippen LogP contribution in [0.25, 0.3) is 0 Å². The van der Waals surface area contributed by atoms with Crippen LogP contribution < -0.4 is 5.32 Å². The van der Waals surface area contributed by atoms with Crippen LogP contribution in [0, 0.1) is 5.92 Å².